The van der Waals surface area contributed by atoms with E-state index >= 15 is 0 Å². The lowest BCUT2D eigenvalue weighted by Crippen LogP contribution is -2.28. The van der Waals surface area contributed by atoms with Crippen LogP contribution in [0.4, 0.5) is 15.8 Å². The van der Waals surface area contributed by atoms with E-state index in [1.54, 1.807) is 0 Å². The van der Waals surface area contributed by atoms with Gasteiger partial charge in [0.1, 0.15) is 11.4 Å². The molecule has 1 aromatic rings. The van der Waals surface area contributed by atoms with Crippen molar-refractivity contribution in [2.45, 2.75) is 31.3 Å². The first-order chi connectivity index (χ1) is 9.56. The molecule has 0 bridgehead atoms. The quantitative estimate of drug-likeness (QED) is 0.732. The normalized spacial score (nSPS) is 22.9. The van der Waals surface area contributed by atoms with E-state index in [0.29, 0.717) is 11.7 Å². The third kappa shape index (κ3) is 2.43. The number of carboxylic acid groups (broad SMARTS) is 1. The highest BCUT2D eigenvalue weighted by Crippen LogP contribution is 2.32. The fourth-order valence-electron chi connectivity index (χ4n) is 2.84. The first-order valence-corrected chi connectivity index (χ1v) is 6.88. The fourth-order valence-corrected chi connectivity index (χ4v) is 2.84. The zero-order valence-corrected chi connectivity index (χ0v) is 11.1. The maximum atomic E-state index is 13.4. The molecule has 5 nitrogen and oxygen atoms in total. The second-order valence-corrected chi connectivity index (χ2v) is 5.54. The minimum absolute atomic E-state index is 0.171. The average Bonchev–Trinajstić information content (AvgIpc) is 3.15. The van der Waals surface area contributed by atoms with Crippen LogP contribution in [0, 0.1) is 5.82 Å². The molecule has 0 aromatic heterocycles. The summed E-state index contributed by atoms with van der Waals surface area (Å²) in [6, 6.07) is 3.56. The number of aromatic carboxylic acids is 1. The number of nitrogens with two attached hydrogens (primary N) is 1. The Bertz CT molecular complexity index is 545. The van der Waals surface area contributed by atoms with Crippen LogP contribution in [-0.2, 0) is 0 Å². The average molecular weight is 279 g/mol. The summed E-state index contributed by atoms with van der Waals surface area (Å²) in [5.41, 5.74) is 5.46. The molecule has 2 aliphatic rings. The van der Waals surface area contributed by atoms with Crippen molar-refractivity contribution in [1.82, 2.24) is 4.90 Å². The van der Waals surface area contributed by atoms with Crippen LogP contribution in [0.25, 0.3) is 0 Å². The van der Waals surface area contributed by atoms with Crippen LogP contribution in [0.3, 0.4) is 0 Å². The molecule has 20 heavy (non-hydrogen) atoms. The number of nitrogens with zero attached hydrogens (tertiary/aromatic N) is 1. The molecule has 1 aromatic carbocycles. The van der Waals surface area contributed by atoms with Gasteiger partial charge < -0.3 is 16.2 Å². The summed E-state index contributed by atoms with van der Waals surface area (Å²) in [5.74, 6) is -1.90. The molecule has 6 heteroatoms. The van der Waals surface area contributed by atoms with E-state index in [1.165, 1.54) is 25.0 Å². The first kappa shape index (κ1) is 13.2. The molecule has 2 fully saturated rings. The minimum Gasteiger partial charge on any atom is -0.478 e. The molecule has 1 saturated heterocycles. The highest BCUT2D eigenvalue weighted by atomic mass is 19.1. The van der Waals surface area contributed by atoms with E-state index in [1.807, 2.05) is 0 Å². The van der Waals surface area contributed by atoms with Crippen molar-refractivity contribution in [2.75, 3.05) is 24.1 Å². The number of rotatable bonds is 4. The van der Waals surface area contributed by atoms with E-state index in [0.717, 1.165) is 19.5 Å². The van der Waals surface area contributed by atoms with Crippen molar-refractivity contribution >= 4 is 17.3 Å². The van der Waals surface area contributed by atoms with E-state index in [4.69, 9.17) is 5.73 Å². The number of nitrogens with one attached hydrogen (secondary N) is 1. The Kier molecular flexibility index (Phi) is 3.25. The van der Waals surface area contributed by atoms with Gasteiger partial charge in [-0.1, -0.05) is 0 Å². The number of likely N-dealkylation sites (tertiary alicyclic amines) is 1. The second-order valence-electron chi connectivity index (χ2n) is 5.54. The Labute approximate surface area is 116 Å². The number of benzene rings is 1. The number of carboxylic acids is 1. The molecule has 1 unspecified atom stereocenters. The number of halogens is 1. The summed E-state index contributed by atoms with van der Waals surface area (Å²) in [6.07, 6.45) is 3.49. The standard InChI is InChI=1S/C14H18FN3O2/c15-10-3-4-11(12(13(10)16)14(19)20)17-8-5-6-18(7-8)9-1-2-9/h3-4,8-9,17H,1-2,5-7,16H2,(H,19,20). The molecule has 3 rings (SSSR count). The van der Waals surface area contributed by atoms with E-state index in [2.05, 4.69) is 10.2 Å². The van der Waals surface area contributed by atoms with Gasteiger partial charge >= 0.3 is 5.97 Å². The molecule has 1 aliphatic carbocycles. The topological polar surface area (TPSA) is 78.6 Å². The van der Waals surface area contributed by atoms with Gasteiger partial charge in [-0.25, -0.2) is 9.18 Å². The molecule has 1 heterocycles. The Balaban J connectivity index is 1.77. The number of nitrogen functional groups attached to an aromatic ring is 1. The van der Waals surface area contributed by atoms with Crippen molar-refractivity contribution < 1.29 is 14.3 Å². The third-order valence-electron chi connectivity index (χ3n) is 4.05. The number of carbonyl (C=O) groups is 1. The summed E-state index contributed by atoms with van der Waals surface area (Å²) in [6.45, 7) is 1.93. The van der Waals surface area contributed by atoms with Crippen molar-refractivity contribution in [3.05, 3.63) is 23.5 Å². The molecule has 0 amide bonds. The highest BCUT2D eigenvalue weighted by molar-refractivity contribution is 6.00. The Morgan fingerprint density at radius 1 is 1.40 bits per heavy atom. The Morgan fingerprint density at radius 2 is 2.15 bits per heavy atom. The van der Waals surface area contributed by atoms with Crippen molar-refractivity contribution in [2.24, 2.45) is 0 Å². The fraction of sp³-hybridized carbons (Fsp3) is 0.500. The van der Waals surface area contributed by atoms with Gasteiger partial charge in [0, 0.05) is 25.2 Å². The van der Waals surface area contributed by atoms with Crippen LogP contribution in [0.5, 0.6) is 0 Å². The lowest BCUT2D eigenvalue weighted by Gasteiger charge is -2.18. The molecular weight excluding hydrogens is 261 g/mol. The largest absolute Gasteiger partial charge is 0.478 e. The van der Waals surface area contributed by atoms with Crippen LogP contribution >= 0.6 is 0 Å². The maximum absolute atomic E-state index is 13.4. The zero-order valence-electron chi connectivity index (χ0n) is 11.1. The highest BCUT2D eigenvalue weighted by Gasteiger charge is 2.34. The predicted octanol–water partition coefficient (Wildman–Crippen LogP) is 1.75. The smallest absolute Gasteiger partial charge is 0.340 e. The van der Waals surface area contributed by atoms with Gasteiger partial charge in [0.15, 0.2) is 0 Å². The number of anilines is 2. The van der Waals surface area contributed by atoms with Gasteiger partial charge in [-0.3, -0.25) is 4.90 Å². The van der Waals surface area contributed by atoms with E-state index in [9.17, 15) is 14.3 Å². The zero-order chi connectivity index (χ0) is 14.3. The molecule has 1 saturated carbocycles. The van der Waals surface area contributed by atoms with E-state index in [-0.39, 0.29) is 17.3 Å². The maximum Gasteiger partial charge on any atom is 0.340 e. The molecule has 4 N–H and O–H groups in total. The number of hydrogen-bond donors (Lipinski definition) is 3. The Morgan fingerprint density at radius 3 is 2.80 bits per heavy atom. The molecular formula is C14H18FN3O2. The van der Waals surface area contributed by atoms with Crippen LogP contribution in [-0.4, -0.2) is 41.1 Å². The lowest BCUT2D eigenvalue weighted by molar-refractivity contribution is 0.0698. The van der Waals surface area contributed by atoms with Gasteiger partial charge in [0.05, 0.1) is 11.4 Å². The third-order valence-corrected chi connectivity index (χ3v) is 4.05. The monoisotopic (exact) mass is 279 g/mol. The van der Waals surface area contributed by atoms with Crippen molar-refractivity contribution in [1.29, 1.82) is 0 Å². The van der Waals surface area contributed by atoms with Gasteiger partial charge in [0.2, 0.25) is 0 Å². The van der Waals surface area contributed by atoms with Gasteiger partial charge in [0.25, 0.3) is 0 Å². The van der Waals surface area contributed by atoms with Crippen molar-refractivity contribution in [3.63, 3.8) is 0 Å². The van der Waals surface area contributed by atoms with Crippen molar-refractivity contribution in [3.8, 4) is 0 Å². The van der Waals surface area contributed by atoms with Crippen LogP contribution < -0.4 is 11.1 Å². The summed E-state index contributed by atoms with van der Waals surface area (Å²) < 4.78 is 13.4. The first-order valence-electron chi connectivity index (χ1n) is 6.88. The van der Waals surface area contributed by atoms with Crippen LogP contribution in [0.15, 0.2) is 12.1 Å². The SMILES string of the molecule is Nc1c(F)ccc(NC2CCN(C3CC3)C2)c1C(=O)O. The summed E-state index contributed by atoms with van der Waals surface area (Å²) >= 11 is 0. The van der Waals surface area contributed by atoms with E-state index < -0.39 is 11.8 Å². The molecule has 1 aliphatic heterocycles. The summed E-state index contributed by atoms with van der Waals surface area (Å²) in [4.78, 5) is 13.7. The minimum atomic E-state index is -1.21. The van der Waals surface area contributed by atoms with Gasteiger partial charge in [-0.15, -0.1) is 0 Å². The summed E-state index contributed by atoms with van der Waals surface area (Å²) in [5, 5.41) is 12.4. The molecule has 108 valence electrons. The number of hydrogen-bond acceptors (Lipinski definition) is 4. The lowest BCUT2D eigenvalue weighted by atomic mass is 10.1. The molecule has 0 spiro atoms. The van der Waals surface area contributed by atoms with Gasteiger partial charge in [-0.2, -0.15) is 0 Å². The van der Waals surface area contributed by atoms with Crippen LogP contribution in [0.1, 0.15) is 29.6 Å². The second kappa shape index (κ2) is 4.94. The predicted molar refractivity (Wildman–Crippen MR) is 74.4 cm³/mol. The Hall–Kier alpha value is -1.82. The summed E-state index contributed by atoms with van der Waals surface area (Å²) in [7, 11) is 0. The van der Waals surface area contributed by atoms with Gasteiger partial charge in [-0.05, 0) is 31.4 Å². The molecule has 0 radical (unpaired) electrons. The van der Waals surface area contributed by atoms with Crippen LogP contribution in [0.2, 0.25) is 0 Å². The molecule has 1 atom stereocenters.